The molecular formula is C48H31NOSi. The molecule has 1 aliphatic rings. The van der Waals surface area contributed by atoms with E-state index in [0.717, 1.165) is 16.6 Å². The Kier molecular flexibility index (Phi) is 5.17. The van der Waals surface area contributed by atoms with E-state index < -0.39 is 8.07 Å². The van der Waals surface area contributed by atoms with Crippen LogP contribution in [0.2, 0.25) is 13.1 Å². The highest BCUT2D eigenvalue weighted by molar-refractivity contribution is 7.03. The zero-order chi connectivity index (χ0) is 33.6. The van der Waals surface area contributed by atoms with Gasteiger partial charge in [0.2, 0.25) is 0 Å². The average molecular weight is 666 g/mol. The van der Waals surface area contributed by atoms with Crippen LogP contribution < -0.4 is 10.4 Å². The van der Waals surface area contributed by atoms with E-state index in [1.54, 1.807) is 5.19 Å². The lowest BCUT2D eigenvalue weighted by atomic mass is 9.91. The number of furan rings is 1. The molecule has 2 nitrogen and oxygen atoms in total. The summed E-state index contributed by atoms with van der Waals surface area (Å²) >= 11 is 0. The second-order valence-electron chi connectivity index (χ2n) is 14.9. The monoisotopic (exact) mass is 665 g/mol. The van der Waals surface area contributed by atoms with Crippen LogP contribution >= 0.6 is 0 Å². The van der Waals surface area contributed by atoms with Crippen molar-refractivity contribution in [2.75, 3.05) is 0 Å². The van der Waals surface area contributed by atoms with Gasteiger partial charge in [-0.3, -0.25) is 0 Å². The number of fused-ring (bicyclic) bond motifs is 10. The first-order valence-corrected chi connectivity index (χ1v) is 20.8. The highest BCUT2D eigenvalue weighted by Crippen LogP contribution is 2.46. The summed E-state index contributed by atoms with van der Waals surface area (Å²) in [6.07, 6.45) is 0. The van der Waals surface area contributed by atoms with Crippen molar-refractivity contribution in [2.45, 2.75) is 13.1 Å². The molecule has 2 aromatic heterocycles. The first-order chi connectivity index (χ1) is 25.0. The number of rotatable bonds is 2. The summed E-state index contributed by atoms with van der Waals surface area (Å²) in [6.45, 7) is 4.99. The molecule has 0 radical (unpaired) electrons. The van der Waals surface area contributed by atoms with E-state index >= 15 is 0 Å². The van der Waals surface area contributed by atoms with Gasteiger partial charge < -0.3 is 8.98 Å². The number of hydrogen-bond donors (Lipinski definition) is 0. The minimum absolute atomic E-state index is 0.926. The molecule has 9 aromatic carbocycles. The Morgan fingerprint density at radius 1 is 0.431 bits per heavy atom. The second kappa shape index (κ2) is 9.54. The van der Waals surface area contributed by atoms with Gasteiger partial charge in [-0.05, 0) is 96.0 Å². The molecule has 0 aliphatic carbocycles. The summed E-state index contributed by atoms with van der Waals surface area (Å²) in [5.74, 6) is 0. The van der Waals surface area contributed by atoms with Crippen molar-refractivity contribution in [3.05, 3.63) is 152 Å². The van der Waals surface area contributed by atoms with Crippen LogP contribution in [0.1, 0.15) is 0 Å². The fourth-order valence-electron chi connectivity index (χ4n) is 9.57. The summed E-state index contributed by atoms with van der Waals surface area (Å²) < 4.78 is 8.98. The van der Waals surface area contributed by atoms with Crippen molar-refractivity contribution in [1.82, 2.24) is 4.57 Å². The molecule has 0 fully saturated rings. The first-order valence-electron chi connectivity index (χ1n) is 17.8. The van der Waals surface area contributed by atoms with E-state index in [0.29, 0.717) is 0 Å². The topological polar surface area (TPSA) is 18.1 Å². The first kappa shape index (κ1) is 27.6. The highest BCUT2D eigenvalue weighted by atomic mass is 28.3. The van der Waals surface area contributed by atoms with Crippen molar-refractivity contribution in [3.63, 3.8) is 0 Å². The lowest BCUT2D eigenvalue weighted by Gasteiger charge is -2.19. The van der Waals surface area contributed by atoms with Gasteiger partial charge in [-0.1, -0.05) is 128 Å². The fraction of sp³-hybridized carbons (Fsp3) is 0.0417. The minimum Gasteiger partial charge on any atom is -0.456 e. The molecule has 3 heterocycles. The molecule has 0 amide bonds. The number of aromatic nitrogens is 1. The van der Waals surface area contributed by atoms with E-state index in [4.69, 9.17) is 4.42 Å². The zero-order valence-corrected chi connectivity index (χ0v) is 29.3. The lowest BCUT2D eigenvalue weighted by Crippen LogP contribution is -2.49. The van der Waals surface area contributed by atoms with Gasteiger partial charge in [-0.2, -0.15) is 0 Å². The largest absolute Gasteiger partial charge is 0.456 e. The molecule has 0 bridgehead atoms. The van der Waals surface area contributed by atoms with E-state index in [1.807, 2.05) is 0 Å². The summed E-state index contributed by atoms with van der Waals surface area (Å²) in [4.78, 5) is 0. The van der Waals surface area contributed by atoms with Gasteiger partial charge in [0, 0.05) is 26.9 Å². The van der Waals surface area contributed by atoms with Crippen LogP contribution in [0, 0.1) is 0 Å². The Morgan fingerprint density at radius 3 is 2.08 bits per heavy atom. The molecule has 0 spiro atoms. The third-order valence-corrected chi connectivity index (χ3v) is 15.5. The van der Waals surface area contributed by atoms with Crippen molar-refractivity contribution in [1.29, 1.82) is 0 Å². The Balaban J connectivity index is 1.15. The average Bonchev–Trinajstić information content (AvgIpc) is 3.78. The predicted octanol–water partition coefficient (Wildman–Crippen LogP) is 12.1. The Labute approximate surface area is 295 Å². The molecule has 0 unspecified atom stereocenters. The van der Waals surface area contributed by atoms with E-state index in [1.165, 1.54) is 92.6 Å². The van der Waals surface area contributed by atoms with Crippen molar-refractivity contribution in [2.24, 2.45) is 0 Å². The second-order valence-corrected chi connectivity index (χ2v) is 19.2. The van der Waals surface area contributed by atoms with Crippen LogP contribution in [0.15, 0.2) is 156 Å². The quantitative estimate of drug-likeness (QED) is 0.133. The standard InChI is InChI=1S/C48H31NOSi/c1-51(2)44-17-8-5-12-33(44)34-22-20-30(26-45(34)51)29-21-23-40-37(24-29)32-11-3-6-15-39(32)49(40)41-27-38-47-31(19-18-28-10-9-14-35(41)46(28)47)25-43-48(38)36-13-4-7-16-42(36)50-43/h3-27H,1-2H3. The van der Waals surface area contributed by atoms with Crippen LogP contribution in [0.25, 0.3) is 104 Å². The van der Waals surface area contributed by atoms with E-state index in [-0.39, 0.29) is 0 Å². The summed E-state index contributed by atoms with van der Waals surface area (Å²) in [5, 5.41) is 15.5. The van der Waals surface area contributed by atoms with Gasteiger partial charge in [-0.25, -0.2) is 0 Å². The van der Waals surface area contributed by atoms with Gasteiger partial charge in [0.1, 0.15) is 19.2 Å². The molecule has 51 heavy (non-hydrogen) atoms. The maximum Gasteiger partial charge on any atom is 0.136 e. The fourth-order valence-corrected chi connectivity index (χ4v) is 12.7. The maximum absolute atomic E-state index is 6.48. The van der Waals surface area contributed by atoms with Gasteiger partial charge in [0.05, 0.1) is 16.7 Å². The molecule has 0 saturated heterocycles. The summed E-state index contributed by atoms with van der Waals surface area (Å²) in [5.41, 5.74) is 10.9. The van der Waals surface area contributed by atoms with Gasteiger partial charge >= 0.3 is 0 Å². The maximum atomic E-state index is 6.48. The Morgan fingerprint density at radius 2 is 1.14 bits per heavy atom. The Hall–Kier alpha value is -6.16. The van der Waals surface area contributed by atoms with E-state index in [2.05, 4.69) is 169 Å². The van der Waals surface area contributed by atoms with Gasteiger partial charge in [0.25, 0.3) is 0 Å². The molecule has 0 saturated carbocycles. The summed E-state index contributed by atoms with van der Waals surface area (Å²) in [6, 6.07) is 56.6. The molecule has 0 N–H and O–H groups in total. The normalized spacial score (nSPS) is 13.8. The molecular weight excluding hydrogens is 635 g/mol. The third-order valence-electron chi connectivity index (χ3n) is 11.9. The number of nitrogens with zero attached hydrogens (tertiary/aromatic N) is 1. The van der Waals surface area contributed by atoms with Gasteiger partial charge in [0.15, 0.2) is 0 Å². The Bertz CT molecular complexity index is 3290. The third kappa shape index (κ3) is 3.51. The number of benzene rings is 9. The van der Waals surface area contributed by atoms with Crippen LogP contribution in [0.4, 0.5) is 0 Å². The smallest absolute Gasteiger partial charge is 0.136 e. The molecule has 238 valence electrons. The molecule has 12 rings (SSSR count). The lowest BCUT2D eigenvalue weighted by molar-refractivity contribution is 0.669. The minimum atomic E-state index is -1.78. The molecule has 11 aromatic rings. The van der Waals surface area contributed by atoms with Crippen molar-refractivity contribution in [3.8, 4) is 27.9 Å². The van der Waals surface area contributed by atoms with Crippen LogP contribution in [-0.2, 0) is 0 Å². The molecule has 3 heteroatoms. The number of hydrogen-bond acceptors (Lipinski definition) is 1. The zero-order valence-electron chi connectivity index (χ0n) is 28.3. The summed E-state index contributed by atoms with van der Waals surface area (Å²) in [7, 11) is -1.78. The predicted molar refractivity (Wildman–Crippen MR) is 219 cm³/mol. The van der Waals surface area contributed by atoms with Gasteiger partial charge in [-0.15, -0.1) is 0 Å². The molecule has 0 atom stereocenters. The van der Waals surface area contributed by atoms with Crippen LogP contribution in [0.5, 0.6) is 0 Å². The van der Waals surface area contributed by atoms with Crippen LogP contribution in [-0.4, -0.2) is 12.6 Å². The van der Waals surface area contributed by atoms with Crippen LogP contribution in [0.3, 0.4) is 0 Å². The van der Waals surface area contributed by atoms with E-state index in [9.17, 15) is 0 Å². The highest BCUT2D eigenvalue weighted by Gasteiger charge is 2.37. The SMILES string of the molecule is C[Si]1(C)c2ccccc2-c2ccc(-c3ccc4c(c3)c3ccccc3n4-c3cc4c5c(cc6ccc7cccc3c7c64)oc3ccccc35)cc21. The number of para-hydroxylation sites is 2. The molecule has 1 aliphatic heterocycles. The van der Waals surface area contributed by atoms with Crippen molar-refractivity contribution < 1.29 is 4.42 Å². The van der Waals surface area contributed by atoms with Crippen molar-refractivity contribution >= 4 is 94.5 Å².